The number of ether oxygens (including phenoxy) is 4. The number of aldehydes is 1. The Morgan fingerprint density at radius 3 is 2.82 bits per heavy atom. The van der Waals surface area contributed by atoms with Crippen molar-refractivity contribution in [3.05, 3.63) is 81.8 Å². The standard InChI is InChI=1S/C40H42N2O9/c1-3-49-39(46)38-27(19-43)33(23-7-9-31(45)25(16-23)21-6-8-30-22(15-21)10-14-42-30)34-36(48-2)26-17-32(50-35(26)28(20-44)37(34)51-38)40(47)12-4-5-24-18-41-13-11-29(24)40/h4-6,8,10,14-15,19,24-25,29,32,41-42,44,47H,3,7,9,11-13,16-18,20H2,1-2H3. The number of hydrogen-bond acceptors (Lipinski definition) is 10. The summed E-state index contributed by atoms with van der Waals surface area (Å²) in [5.74, 6) is -0.558. The Balaban J connectivity index is 1.30. The molecule has 5 aliphatic rings. The largest absolute Gasteiger partial charge is 0.496 e. The SMILES string of the molecule is CCOC(=O)C1=C(C=O)C(=C2CCC(=O)C(c3ccc4[nH]ccc4c3)C2)c2c(OC)c3c(c(CO)c2O1)OC(C1(O)CC=CC2CNCCC21)C3. The number of H-pyrrole nitrogens is 1. The molecule has 266 valence electrons. The molecule has 3 aliphatic heterocycles. The van der Waals surface area contributed by atoms with Crippen molar-refractivity contribution in [3.63, 3.8) is 0 Å². The third kappa shape index (κ3) is 5.32. The summed E-state index contributed by atoms with van der Waals surface area (Å²) >= 11 is 0. The molecule has 0 bridgehead atoms. The first-order chi connectivity index (χ1) is 24.8. The number of aromatic amines is 1. The number of methoxy groups -OCH3 is 1. The van der Waals surface area contributed by atoms with Crippen LogP contribution in [0.2, 0.25) is 0 Å². The van der Waals surface area contributed by atoms with E-state index in [0.717, 1.165) is 41.5 Å². The van der Waals surface area contributed by atoms with Gasteiger partial charge in [-0.1, -0.05) is 23.8 Å². The van der Waals surface area contributed by atoms with Crippen molar-refractivity contribution in [3.8, 4) is 17.2 Å². The Hall–Kier alpha value is -4.71. The molecule has 2 aromatic carbocycles. The van der Waals surface area contributed by atoms with E-state index in [9.17, 15) is 24.6 Å². The summed E-state index contributed by atoms with van der Waals surface area (Å²) < 4.78 is 24.4. The van der Waals surface area contributed by atoms with Crippen molar-refractivity contribution in [1.82, 2.24) is 10.3 Å². The van der Waals surface area contributed by atoms with Crippen LogP contribution in [0.1, 0.15) is 67.2 Å². The van der Waals surface area contributed by atoms with Crippen LogP contribution < -0.4 is 19.5 Å². The van der Waals surface area contributed by atoms with Crippen LogP contribution in [0, 0.1) is 11.8 Å². The number of ketones is 1. The number of carbonyl (C=O) groups is 3. The second-order valence-electron chi connectivity index (χ2n) is 14.1. The molecular weight excluding hydrogens is 652 g/mol. The normalized spacial score (nSPS) is 28.4. The topological polar surface area (TPSA) is 156 Å². The lowest BCUT2D eigenvalue weighted by Crippen LogP contribution is -2.57. The van der Waals surface area contributed by atoms with E-state index in [1.54, 1.807) is 6.92 Å². The van der Waals surface area contributed by atoms with Crippen LogP contribution in [0.25, 0.3) is 16.5 Å². The number of rotatable bonds is 7. The molecule has 1 saturated heterocycles. The van der Waals surface area contributed by atoms with Crippen molar-refractivity contribution in [2.24, 2.45) is 11.8 Å². The lowest BCUT2D eigenvalue weighted by atomic mass is 9.66. The number of hydrogen-bond donors (Lipinski definition) is 4. The average molecular weight is 695 g/mol. The summed E-state index contributed by atoms with van der Waals surface area (Å²) in [4.78, 5) is 43.3. The third-order valence-electron chi connectivity index (χ3n) is 11.5. The Kier molecular flexibility index (Phi) is 8.60. The molecule has 11 heteroatoms. The van der Waals surface area contributed by atoms with Gasteiger partial charge in [-0.25, -0.2) is 4.79 Å². The van der Waals surface area contributed by atoms with Crippen molar-refractivity contribution in [1.29, 1.82) is 0 Å². The van der Waals surface area contributed by atoms with E-state index < -0.39 is 30.2 Å². The van der Waals surface area contributed by atoms with Gasteiger partial charge in [0.25, 0.3) is 0 Å². The van der Waals surface area contributed by atoms with Gasteiger partial charge in [-0.3, -0.25) is 9.59 Å². The fraction of sp³-hybridized carbons (Fsp3) is 0.425. The molecule has 0 amide bonds. The molecule has 0 radical (unpaired) electrons. The number of allylic oxidation sites excluding steroid dienone is 3. The van der Waals surface area contributed by atoms with Gasteiger partial charge in [0.1, 0.15) is 34.7 Å². The number of nitrogens with one attached hydrogen (secondary N) is 2. The molecule has 51 heavy (non-hydrogen) atoms. The highest BCUT2D eigenvalue weighted by Crippen LogP contribution is 2.57. The van der Waals surface area contributed by atoms with Gasteiger partial charge in [0.05, 0.1) is 37.0 Å². The van der Waals surface area contributed by atoms with E-state index in [1.165, 1.54) is 7.11 Å². The molecule has 1 saturated carbocycles. The van der Waals surface area contributed by atoms with Gasteiger partial charge < -0.3 is 39.5 Å². The van der Waals surface area contributed by atoms with Crippen molar-refractivity contribution >= 4 is 34.5 Å². The molecule has 2 aliphatic carbocycles. The highest BCUT2D eigenvalue weighted by molar-refractivity contribution is 6.11. The molecule has 4 N–H and O–H groups in total. The molecule has 5 unspecified atom stereocenters. The van der Waals surface area contributed by atoms with Gasteiger partial charge in [0.15, 0.2) is 6.29 Å². The molecule has 4 heterocycles. The Labute approximate surface area is 295 Å². The van der Waals surface area contributed by atoms with Crippen LogP contribution in [0.15, 0.2) is 59.5 Å². The Morgan fingerprint density at radius 1 is 1.18 bits per heavy atom. The molecule has 11 nitrogen and oxygen atoms in total. The van der Waals surface area contributed by atoms with E-state index in [-0.39, 0.29) is 53.3 Å². The Morgan fingerprint density at radius 2 is 2.04 bits per heavy atom. The number of aliphatic hydroxyl groups is 2. The fourth-order valence-electron chi connectivity index (χ4n) is 9.10. The Bertz CT molecular complexity index is 2040. The molecular formula is C40H42N2O9. The first-order valence-corrected chi connectivity index (χ1v) is 17.8. The number of carbonyl (C=O) groups excluding carboxylic acids is 3. The fourth-order valence-corrected chi connectivity index (χ4v) is 9.10. The summed E-state index contributed by atoms with van der Waals surface area (Å²) in [6, 6.07) is 7.87. The van der Waals surface area contributed by atoms with E-state index in [1.807, 2.05) is 36.5 Å². The van der Waals surface area contributed by atoms with E-state index >= 15 is 0 Å². The van der Waals surface area contributed by atoms with Crippen molar-refractivity contribution in [2.45, 2.75) is 69.7 Å². The molecule has 3 aromatic rings. The third-order valence-corrected chi connectivity index (χ3v) is 11.5. The van der Waals surface area contributed by atoms with Crippen LogP contribution >= 0.6 is 0 Å². The number of aromatic nitrogens is 1. The second-order valence-corrected chi connectivity index (χ2v) is 14.1. The number of esters is 1. The highest BCUT2D eigenvalue weighted by atomic mass is 16.6. The number of piperidine rings is 1. The van der Waals surface area contributed by atoms with E-state index in [0.29, 0.717) is 60.2 Å². The van der Waals surface area contributed by atoms with Crippen molar-refractivity contribution in [2.75, 3.05) is 26.8 Å². The first kappa shape index (κ1) is 33.4. The quantitative estimate of drug-likeness (QED) is 0.157. The molecule has 5 atom stereocenters. The maximum absolute atomic E-state index is 13.5. The summed E-state index contributed by atoms with van der Waals surface area (Å²) in [5, 5.41) is 27.7. The van der Waals surface area contributed by atoms with Crippen LogP contribution in [-0.4, -0.2) is 71.7 Å². The lowest BCUT2D eigenvalue weighted by Gasteiger charge is -2.47. The van der Waals surface area contributed by atoms with Gasteiger partial charge in [-0.2, -0.15) is 0 Å². The monoisotopic (exact) mass is 694 g/mol. The number of benzene rings is 2. The van der Waals surface area contributed by atoms with E-state index in [4.69, 9.17) is 18.9 Å². The molecule has 8 rings (SSSR count). The van der Waals surface area contributed by atoms with Crippen LogP contribution in [-0.2, 0) is 32.1 Å². The summed E-state index contributed by atoms with van der Waals surface area (Å²) in [5.41, 5.74) is 3.20. The number of aliphatic hydroxyl groups excluding tert-OH is 1. The van der Waals surface area contributed by atoms with Crippen LogP contribution in [0.5, 0.6) is 17.2 Å². The first-order valence-electron chi connectivity index (χ1n) is 17.8. The van der Waals surface area contributed by atoms with Gasteiger partial charge in [-0.15, -0.1) is 0 Å². The zero-order valence-corrected chi connectivity index (χ0v) is 28.8. The van der Waals surface area contributed by atoms with Crippen LogP contribution in [0.4, 0.5) is 0 Å². The maximum Gasteiger partial charge on any atom is 0.375 e. The summed E-state index contributed by atoms with van der Waals surface area (Å²) in [6.45, 7) is 2.76. The van der Waals surface area contributed by atoms with Crippen LogP contribution in [0.3, 0.4) is 0 Å². The maximum atomic E-state index is 13.5. The minimum absolute atomic E-state index is 0.00339. The van der Waals surface area contributed by atoms with Gasteiger partial charge in [0, 0.05) is 54.1 Å². The number of Topliss-reactive ketones (excluding diaryl/α,β-unsaturated/α-hetero) is 1. The molecule has 2 fully saturated rings. The zero-order valence-electron chi connectivity index (χ0n) is 28.8. The summed E-state index contributed by atoms with van der Waals surface area (Å²) in [7, 11) is 1.52. The lowest BCUT2D eigenvalue weighted by molar-refractivity contribution is -0.141. The van der Waals surface area contributed by atoms with Gasteiger partial charge in [-0.05, 0) is 74.2 Å². The highest BCUT2D eigenvalue weighted by Gasteiger charge is 2.53. The summed E-state index contributed by atoms with van der Waals surface area (Å²) in [6.07, 6.45) is 8.36. The zero-order chi connectivity index (χ0) is 35.4. The minimum atomic E-state index is -1.18. The smallest absolute Gasteiger partial charge is 0.375 e. The van der Waals surface area contributed by atoms with Gasteiger partial charge in [0.2, 0.25) is 5.76 Å². The second kappa shape index (κ2) is 13.1. The predicted octanol–water partition coefficient (Wildman–Crippen LogP) is 4.59. The van der Waals surface area contributed by atoms with Gasteiger partial charge >= 0.3 is 5.97 Å². The van der Waals surface area contributed by atoms with Crippen molar-refractivity contribution < 1.29 is 43.5 Å². The van der Waals surface area contributed by atoms with E-state index in [2.05, 4.69) is 16.4 Å². The predicted molar refractivity (Wildman–Crippen MR) is 187 cm³/mol. The molecule has 1 aromatic heterocycles. The molecule has 0 spiro atoms. The minimum Gasteiger partial charge on any atom is -0.496 e. The average Bonchev–Trinajstić information content (AvgIpc) is 3.81. The number of fused-ring (bicyclic) bond motifs is 4.